The second-order valence-corrected chi connectivity index (χ2v) is 5.58. The van der Waals surface area contributed by atoms with Crippen LogP contribution in [0.3, 0.4) is 0 Å². The van der Waals surface area contributed by atoms with Crippen molar-refractivity contribution in [3.63, 3.8) is 0 Å². The average molecular weight is 281 g/mol. The highest BCUT2D eigenvalue weighted by Gasteiger charge is 2.09. The number of fused-ring (bicyclic) bond motifs is 1. The molecule has 0 bridgehead atoms. The van der Waals surface area contributed by atoms with Gasteiger partial charge in [-0.25, -0.2) is 4.98 Å². The van der Waals surface area contributed by atoms with Crippen LogP contribution in [0.15, 0.2) is 30.3 Å². The maximum absolute atomic E-state index is 9.31. The molecule has 2 rings (SSSR count). The van der Waals surface area contributed by atoms with Crippen LogP contribution in [0.1, 0.15) is 51.5 Å². The summed E-state index contributed by atoms with van der Waals surface area (Å²) in [7, 11) is 0. The zero-order valence-corrected chi connectivity index (χ0v) is 12.9. The van der Waals surface area contributed by atoms with Crippen LogP contribution in [0.4, 0.5) is 5.82 Å². The molecule has 0 aliphatic rings. The lowest BCUT2D eigenvalue weighted by Crippen LogP contribution is -2.16. The highest BCUT2D eigenvalue weighted by atomic mass is 15.0. The number of rotatable bonds is 7. The molecule has 0 spiro atoms. The van der Waals surface area contributed by atoms with E-state index in [0.717, 1.165) is 17.3 Å². The number of hydrogen-bond donors (Lipinski definition) is 1. The summed E-state index contributed by atoms with van der Waals surface area (Å²) in [5.41, 5.74) is 1.55. The molecular formula is C18H23N3. The van der Waals surface area contributed by atoms with Gasteiger partial charge < -0.3 is 5.32 Å². The fourth-order valence-electron chi connectivity index (χ4n) is 2.49. The van der Waals surface area contributed by atoms with Gasteiger partial charge in [-0.15, -0.1) is 0 Å². The normalized spacial score (nSPS) is 12.0. The molecule has 0 aliphatic carbocycles. The van der Waals surface area contributed by atoms with Crippen molar-refractivity contribution >= 4 is 16.7 Å². The quantitative estimate of drug-likeness (QED) is 0.736. The first-order chi connectivity index (χ1) is 10.2. The van der Waals surface area contributed by atoms with Gasteiger partial charge in [0.15, 0.2) is 0 Å². The number of hydrogen-bond acceptors (Lipinski definition) is 3. The van der Waals surface area contributed by atoms with Gasteiger partial charge >= 0.3 is 0 Å². The van der Waals surface area contributed by atoms with Gasteiger partial charge in [0.2, 0.25) is 0 Å². The lowest BCUT2D eigenvalue weighted by molar-refractivity contribution is 0.593. The minimum absolute atomic E-state index is 0.336. The van der Waals surface area contributed by atoms with Gasteiger partial charge in [0.1, 0.15) is 11.9 Å². The van der Waals surface area contributed by atoms with Crippen molar-refractivity contribution in [2.45, 2.75) is 52.0 Å². The first-order valence-corrected chi connectivity index (χ1v) is 7.81. The molecule has 0 amide bonds. The Hall–Kier alpha value is -2.08. The van der Waals surface area contributed by atoms with E-state index < -0.39 is 0 Å². The van der Waals surface area contributed by atoms with Crippen LogP contribution >= 0.6 is 0 Å². The third kappa shape index (κ3) is 4.19. The Morgan fingerprint density at radius 1 is 1.24 bits per heavy atom. The van der Waals surface area contributed by atoms with Crippen molar-refractivity contribution in [3.05, 3.63) is 35.9 Å². The van der Waals surface area contributed by atoms with E-state index in [1.807, 2.05) is 30.3 Å². The molecule has 1 heterocycles. The summed E-state index contributed by atoms with van der Waals surface area (Å²) in [6.45, 7) is 4.38. The standard InChI is InChI=1S/C18H23N3/c1-3-4-5-6-9-14(2)20-18-16(13-19)12-15-10-7-8-11-17(15)21-18/h7-8,10-12,14H,3-6,9H2,1-2H3,(H,20,21). The third-order valence-corrected chi connectivity index (χ3v) is 3.72. The molecule has 1 aromatic carbocycles. The molecule has 110 valence electrons. The van der Waals surface area contributed by atoms with Crippen molar-refractivity contribution in [1.82, 2.24) is 4.98 Å². The van der Waals surface area contributed by atoms with E-state index in [-0.39, 0.29) is 0 Å². The molecule has 1 N–H and O–H groups in total. The number of pyridine rings is 1. The van der Waals surface area contributed by atoms with Gasteiger partial charge in [-0.2, -0.15) is 5.26 Å². The lowest BCUT2D eigenvalue weighted by Gasteiger charge is -2.16. The largest absolute Gasteiger partial charge is 0.367 e. The van der Waals surface area contributed by atoms with E-state index >= 15 is 0 Å². The summed E-state index contributed by atoms with van der Waals surface area (Å²) in [4.78, 5) is 4.60. The van der Waals surface area contributed by atoms with Crippen LogP contribution < -0.4 is 5.32 Å². The highest BCUT2D eigenvalue weighted by molar-refractivity contribution is 5.82. The van der Waals surface area contributed by atoms with Crippen LogP contribution in [0.2, 0.25) is 0 Å². The Bertz CT molecular complexity index is 628. The highest BCUT2D eigenvalue weighted by Crippen LogP contribution is 2.21. The molecule has 3 heteroatoms. The molecular weight excluding hydrogens is 258 g/mol. The van der Waals surface area contributed by atoms with Crippen molar-refractivity contribution in [2.75, 3.05) is 5.32 Å². The van der Waals surface area contributed by atoms with Crippen molar-refractivity contribution in [1.29, 1.82) is 5.26 Å². The molecule has 0 aliphatic heterocycles. The fraction of sp³-hybridized carbons (Fsp3) is 0.444. The van der Waals surface area contributed by atoms with E-state index in [1.165, 1.54) is 25.7 Å². The van der Waals surface area contributed by atoms with Gasteiger partial charge in [0, 0.05) is 11.4 Å². The maximum Gasteiger partial charge on any atom is 0.144 e. The van der Waals surface area contributed by atoms with Crippen LogP contribution in [0.5, 0.6) is 0 Å². The van der Waals surface area contributed by atoms with E-state index in [4.69, 9.17) is 0 Å². The Kier molecular flexibility index (Phi) is 5.57. The minimum atomic E-state index is 0.336. The summed E-state index contributed by atoms with van der Waals surface area (Å²) < 4.78 is 0. The predicted octanol–water partition coefficient (Wildman–Crippen LogP) is 4.88. The predicted molar refractivity (Wildman–Crippen MR) is 88.3 cm³/mol. The molecule has 0 radical (unpaired) electrons. The number of anilines is 1. The first-order valence-electron chi connectivity index (χ1n) is 7.81. The second-order valence-electron chi connectivity index (χ2n) is 5.58. The van der Waals surface area contributed by atoms with Crippen LogP contribution in [0.25, 0.3) is 10.9 Å². The summed E-state index contributed by atoms with van der Waals surface area (Å²) in [6, 6.07) is 12.4. The first kappa shape index (κ1) is 15.3. The second kappa shape index (κ2) is 7.64. The molecule has 0 saturated carbocycles. The van der Waals surface area contributed by atoms with Gasteiger partial charge in [0.05, 0.1) is 11.1 Å². The number of nitrogens with one attached hydrogen (secondary N) is 1. The monoisotopic (exact) mass is 281 g/mol. The van der Waals surface area contributed by atoms with Crippen LogP contribution in [-0.4, -0.2) is 11.0 Å². The van der Waals surface area contributed by atoms with Gasteiger partial charge in [-0.05, 0) is 25.5 Å². The number of nitriles is 1. The maximum atomic E-state index is 9.31. The summed E-state index contributed by atoms with van der Waals surface area (Å²) in [6.07, 6.45) is 6.16. The molecule has 1 unspecified atom stereocenters. The number of aromatic nitrogens is 1. The van der Waals surface area contributed by atoms with E-state index in [1.54, 1.807) is 0 Å². The molecule has 2 aromatic rings. The van der Waals surface area contributed by atoms with Gasteiger partial charge in [0.25, 0.3) is 0 Å². The van der Waals surface area contributed by atoms with Crippen molar-refractivity contribution < 1.29 is 0 Å². The molecule has 1 atom stereocenters. The van der Waals surface area contributed by atoms with Crippen molar-refractivity contribution in [2.24, 2.45) is 0 Å². The summed E-state index contributed by atoms with van der Waals surface area (Å²) in [5, 5.41) is 13.7. The smallest absolute Gasteiger partial charge is 0.144 e. The molecule has 0 saturated heterocycles. The zero-order valence-electron chi connectivity index (χ0n) is 12.9. The summed E-state index contributed by atoms with van der Waals surface area (Å²) >= 11 is 0. The Morgan fingerprint density at radius 3 is 2.81 bits per heavy atom. The van der Waals surface area contributed by atoms with Crippen LogP contribution in [0, 0.1) is 11.3 Å². The third-order valence-electron chi connectivity index (χ3n) is 3.72. The van der Waals surface area contributed by atoms with Gasteiger partial charge in [-0.3, -0.25) is 0 Å². The lowest BCUT2D eigenvalue weighted by atomic mass is 10.1. The van der Waals surface area contributed by atoms with Crippen LogP contribution in [-0.2, 0) is 0 Å². The zero-order chi connectivity index (χ0) is 15.1. The number of unbranched alkanes of at least 4 members (excludes halogenated alkanes) is 3. The SMILES string of the molecule is CCCCCCC(C)Nc1nc2ccccc2cc1C#N. The Labute approximate surface area is 127 Å². The Balaban J connectivity index is 2.08. The molecule has 21 heavy (non-hydrogen) atoms. The topological polar surface area (TPSA) is 48.7 Å². The molecule has 1 aromatic heterocycles. The molecule has 3 nitrogen and oxygen atoms in total. The van der Waals surface area contributed by atoms with E-state index in [0.29, 0.717) is 17.4 Å². The van der Waals surface area contributed by atoms with Gasteiger partial charge in [-0.1, -0.05) is 50.8 Å². The number of benzene rings is 1. The Morgan fingerprint density at radius 2 is 2.05 bits per heavy atom. The minimum Gasteiger partial charge on any atom is -0.367 e. The number of para-hydroxylation sites is 1. The average Bonchev–Trinajstić information content (AvgIpc) is 2.51. The van der Waals surface area contributed by atoms with E-state index in [2.05, 4.69) is 30.2 Å². The fourth-order valence-corrected chi connectivity index (χ4v) is 2.49. The van der Waals surface area contributed by atoms with Crippen molar-refractivity contribution in [3.8, 4) is 6.07 Å². The number of nitrogens with zero attached hydrogens (tertiary/aromatic N) is 2. The van der Waals surface area contributed by atoms with E-state index in [9.17, 15) is 5.26 Å². The molecule has 0 fully saturated rings. The summed E-state index contributed by atoms with van der Waals surface area (Å²) in [5.74, 6) is 0.708.